The van der Waals surface area contributed by atoms with Gasteiger partial charge in [-0.15, -0.1) is 11.8 Å². The second-order valence-electron chi connectivity index (χ2n) is 6.54. The minimum absolute atomic E-state index is 0.138. The van der Waals surface area contributed by atoms with Crippen LogP contribution in [0.1, 0.15) is 29.3 Å². The molecule has 5 nitrogen and oxygen atoms in total. The van der Waals surface area contributed by atoms with E-state index in [1.165, 1.54) is 0 Å². The summed E-state index contributed by atoms with van der Waals surface area (Å²) < 4.78 is 17.9. The number of amides is 1. The fraction of sp³-hybridized carbons (Fsp3) is 0.300. The van der Waals surface area contributed by atoms with Crippen molar-refractivity contribution < 1.29 is 9.36 Å². The zero-order valence-electron chi connectivity index (χ0n) is 15.2. The monoisotopic (exact) mass is 399 g/mol. The molecule has 140 valence electrons. The summed E-state index contributed by atoms with van der Waals surface area (Å²) in [6, 6.07) is 17.3. The number of aliphatic imine (C=N–C) groups is 1. The van der Waals surface area contributed by atoms with Crippen molar-refractivity contribution in [3.8, 4) is 0 Å². The van der Waals surface area contributed by atoms with Crippen molar-refractivity contribution in [1.82, 2.24) is 4.67 Å². The summed E-state index contributed by atoms with van der Waals surface area (Å²) >= 11 is 1.58. The van der Waals surface area contributed by atoms with Crippen molar-refractivity contribution in [3.05, 3.63) is 65.7 Å². The number of benzene rings is 2. The number of rotatable bonds is 4. The highest BCUT2D eigenvalue weighted by Gasteiger charge is 2.53. The fourth-order valence-corrected chi connectivity index (χ4v) is 8.81. The van der Waals surface area contributed by atoms with E-state index in [2.05, 4.69) is 11.9 Å². The molecule has 1 fully saturated rings. The average Bonchev–Trinajstić information content (AvgIpc) is 2.71. The summed E-state index contributed by atoms with van der Waals surface area (Å²) in [6.45, 7) is 3.19. The number of hydrogen-bond donors (Lipinski definition) is 0. The van der Waals surface area contributed by atoms with Crippen LogP contribution in [0.4, 0.5) is 5.69 Å². The number of anilines is 1. The van der Waals surface area contributed by atoms with Gasteiger partial charge in [0, 0.05) is 25.1 Å². The lowest BCUT2D eigenvalue weighted by Gasteiger charge is -2.49. The Balaban J connectivity index is 1.79. The normalized spacial score (nSPS) is 24.8. The molecule has 0 spiro atoms. The van der Waals surface area contributed by atoms with Crippen LogP contribution in [0.3, 0.4) is 0 Å². The molecule has 0 saturated carbocycles. The highest BCUT2D eigenvalue weighted by atomic mass is 32.2. The Morgan fingerprint density at radius 3 is 2.70 bits per heavy atom. The van der Waals surface area contributed by atoms with Crippen LogP contribution in [0, 0.1) is 0 Å². The first-order chi connectivity index (χ1) is 13.2. The first-order valence-corrected chi connectivity index (χ1v) is 11.9. The third-order valence-corrected chi connectivity index (χ3v) is 9.78. The van der Waals surface area contributed by atoms with Gasteiger partial charge in [0.15, 0.2) is 5.11 Å². The largest absolute Gasteiger partial charge is 0.304 e. The van der Waals surface area contributed by atoms with E-state index in [1.807, 2.05) is 59.3 Å². The Kier molecular flexibility index (Phi) is 5.11. The van der Waals surface area contributed by atoms with Crippen molar-refractivity contribution in [2.45, 2.75) is 18.5 Å². The molecule has 27 heavy (non-hydrogen) atoms. The summed E-state index contributed by atoms with van der Waals surface area (Å²) in [6.07, 6.45) is 2.62. The summed E-state index contributed by atoms with van der Waals surface area (Å²) in [7, 11) is -3.20. The lowest BCUT2D eigenvalue weighted by molar-refractivity contribution is 0.0858. The highest BCUT2D eigenvalue weighted by Crippen LogP contribution is 2.67. The van der Waals surface area contributed by atoms with Gasteiger partial charge in [-0.25, -0.2) is 0 Å². The predicted octanol–water partition coefficient (Wildman–Crippen LogP) is 4.70. The van der Waals surface area contributed by atoms with Gasteiger partial charge < -0.3 is 4.67 Å². The molecule has 0 aliphatic carbocycles. The van der Waals surface area contributed by atoms with Crippen LogP contribution >= 0.6 is 19.2 Å². The molecular weight excluding hydrogens is 377 g/mol. The summed E-state index contributed by atoms with van der Waals surface area (Å²) in [5.74, 6) is 0.593. The minimum atomic E-state index is -3.20. The Labute approximate surface area is 163 Å². The zero-order chi connectivity index (χ0) is 18.9. The first-order valence-electron chi connectivity index (χ1n) is 9.15. The van der Waals surface area contributed by atoms with Gasteiger partial charge in [-0.05, 0) is 24.1 Å². The Hall–Kier alpha value is -2.04. The first kappa shape index (κ1) is 18.3. The van der Waals surface area contributed by atoms with Crippen LogP contribution in [0.5, 0.6) is 0 Å². The van der Waals surface area contributed by atoms with Crippen LogP contribution < -0.4 is 4.67 Å². The number of para-hydroxylation sites is 1. The van der Waals surface area contributed by atoms with Crippen molar-refractivity contribution in [2.75, 3.05) is 23.5 Å². The number of carbonyl (C=O) groups is 1. The summed E-state index contributed by atoms with van der Waals surface area (Å²) in [4.78, 5) is 17.8. The molecule has 1 amide bonds. The minimum Gasteiger partial charge on any atom is -0.304 e. The Bertz CT molecular complexity index is 918. The maximum atomic E-state index is 14.4. The Morgan fingerprint density at radius 1 is 1.19 bits per heavy atom. The van der Waals surface area contributed by atoms with E-state index in [9.17, 15) is 9.36 Å². The van der Waals surface area contributed by atoms with E-state index in [-0.39, 0.29) is 5.91 Å². The molecule has 2 aliphatic rings. The molecule has 1 saturated heterocycles. The molecule has 2 aromatic rings. The smallest absolute Gasteiger partial charge is 0.299 e. The fourth-order valence-electron chi connectivity index (χ4n) is 3.55. The van der Waals surface area contributed by atoms with Crippen molar-refractivity contribution in [1.29, 1.82) is 0 Å². The van der Waals surface area contributed by atoms with Gasteiger partial charge in [0.1, 0.15) is 0 Å². The van der Waals surface area contributed by atoms with Crippen molar-refractivity contribution in [2.24, 2.45) is 4.99 Å². The van der Waals surface area contributed by atoms with Gasteiger partial charge >= 0.3 is 0 Å². The Morgan fingerprint density at radius 2 is 1.93 bits per heavy atom. The third kappa shape index (κ3) is 3.11. The van der Waals surface area contributed by atoms with Crippen molar-refractivity contribution >= 4 is 37.0 Å². The number of fused-ring (bicyclic) bond motifs is 2. The van der Waals surface area contributed by atoms with Gasteiger partial charge in [-0.3, -0.25) is 19.0 Å². The van der Waals surface area contributed by atoms with Gasteiger partial charge in [0.2, 0.25) is 0 Å². The van der Waals surface area contributed by atoms with E-state index < -0.39 is 12.6 Å². The maximum absolute atomic E-state index is 14.4. The molecule has 2 atom stereocenters. The van der Waals surface area contributed by atoms with Crippen LogP contribution in [0.15, 0.2) is 59.6 Å². The van der Waals surface area contributed by atoms with E-state index in [0.29, 0.717) is 18.7 Å². The second kappa shape index (κ2) is 7.53. The summed E-state index contributed by atoms with van der Waals surface area (Å²) in [5.41, 5.74) is 2.37. The van der Waals surface area contributed by atoms with Crippen LogP contribution in [0.2, 0.25) is 0 Å². The van der Waals surface area contributed by atoms with Crippen LogP contribution in [-0.2, 0) is 4.57 Å². The molecular formula is C20H22N3O2PS. The molecule has 0 N–H and O–H groups in total. The lowest BCUT2D eigenvalue weighted by atomic mass is 10.1. The third-order valence-electron chi connectivity index (χ3n) is 4.78. The molecule has 0 aromatic heterocycles. The number of thioether (sulfide) groups is 1. The van der Waals surface area contributed by atoms with Crippen LogP contribution in [0.25, 0.3) is 0 Å². The quantitative estimate of drug-likeness (QED) is 0.552. The van der Waals surface area contributed by atoms with Gasteiger partial charge in [-0.2, -0.15) is 0 Å². The predicted molar refractivity (Wildman–Crippen MR) is 113 cm³/mol. The number of nitrogens with zero attached hydrogens (tertiary/aromatic N) is 3. The van der Waals surface area contributed by atoms with Gasteiger partial charge in [0.05, 0.1) is 11.3 Å². The average molecular weight is 399 g/mol. The lowest BCUT2D eigenvalue weighted by Crippen LogP contribution is -2.47. The molecule has 2 unspecified atom stereocenters. The molecule has 4 rings (SSSR count). The molecule has 7 heteroatoms. The van der Waals surface area contributed by atoms with E-state index >= 15 is 0 Å². The number of carbonyl (C=O) groups excluding carboxylic acids is 1. The second-order valence-corrected chi connectivity index (χ2v) is 10.7. The summed E-state index contributed by atoms with van der Waals surface area (Å²) in [5, 5.41) is -0.477. The highest BCUT2D eigenvalue weighted by molar-refractivity contribution is 8.06. The molecule has 2 aliphatic heterocycles. The van der Waals surface area contributed by atoms with E-state index in [4.69, 9.17) is 0 Å². The molecule has 0 radical (unpaired) electrons. The molecule has 2 heterocycles. The molecule has 0 bridgehead atoms. The number of hydrogen-bond acceptors (Lipinski definition) is 4. The van der Waals surface area contributed by atoms with Crippen LogP contribution in [-0.4, -0.2) is 40.7 Å². The maximum Gasteiger partial charge on any atom is 0.299 e. The van der Waals surface area contributed by atoms with E-state index in [0.717, 1.165) is 23.4 Å². The zero-order valence-corrected chi connectivity index (χ0v) is 16.9. The standard InChI is InChI=1S/C20H22N3O2PS/c1-2-12-22-18-11-7-6-10-17(18)19(24)23-13-14-27-20(26(22,23)25)21-15-16-8-4-3-5-9-16/h3-11,15,20H,2,12-14H2,1H3/b21-15+. The van der Waals surface area contributed by atoms with E-state index in [1.54, 1.807) is 22.6 Å². The topological polar surface area (TPSA) is 53.0 Å². The SMILES string of the molecule is CCCN1c2ccccc2C(=O)N2CCSC(/N=C/c3ccccc3)P21=O. The molecule has 2 aromatic carbocycles. The van der Waals surface area contributed by atoms with Crippen molar-refractivity contribution in [3.63, 3.8) is 0 Å². The van der Waals surface area contributed by atoms with Gasteiger partial charge in [-0.1, -0.05) is 49.4 Å². The van der Waals surface area contributed by atoms with Gasteiger partial charge in [0.25, 0.3) is 13.4 Å².